The van der Waals surface area contributed by atoms with Crippen LogP contribution in [-0.4, -0.2) is 39.3 Å². The summed E-state index contributed by atoms with van der Waals surface area (Å²) >= 11 is 3.44. The van der Waals surface area contributed by atoms with Crippen LogP contribution in [0.5, 0.6) is 5.75 Å². The van der Waals surface area contributed by atoms with Crippen LogP contribution in [0.4, 0.5) is 5.82 Å². The maximum Gasteiger partial charge on any atom is 0.162 e. The largest absolute Gasteiger partial charge is 0.495 e. The van der Waals surface area contributed by atoms with Crippen molar-refractivity contribution in [3.8, 4) is 5.75 Å². The van der Waals surface area contributed by atoms with E-state index >= 15 is 0 Å². The van der Waals surface area contributed by atoms with Crippen LogP contribution in [0, 0.1) is 6.92 Å². The van der Waals surface area contributed by atoms with Crippen LogP contribution < -0.4 is 10.1 Å². The fourth-order valence-electron chi connectivity index (χ4n) is 3.94. The summed E-state index contributed by atoms with van der Waals surface area (Å²) in [4.78, 5) is 16.2. The number of nitrogens with one attached hydrogen (secondary N) is 1. The number of carbonyl (C=O) groups is 1. The van der Waals surface area contributed by atoms with Crippen LogP contribution in [0.25, 0.3) is 10.9 Å². The monoisotopic (exact) mass is 469 g/mol. The number of aliphatic imine (C=N–C) groups is 1. The average Bonchev–Trinajstić information content (AvgIpc) is 3.30. The highest BCUT2D eigenvalue weighted by molar-refractivity contribution is 9.09. The number of hydrogen-bond acceptors (Lipinski definition) is 5. The van der Waals surface area contributed by atoms with E-state index in [0.29, 0.717) is 17.9 Å². The van der Waals surface area contributed by atoms with Crippen molar-refractivity contribution < 1.29 is 9.53 Å². The molecule has 3 heterocycles. The van der Waals surface area contributed by atoms with Gasteiger partial charge in [-0.05, 0) is 32.0 Å². The summed E-state index contributed by atoms with van der Waals surface area (Å²) in [5.74, 6) is 1.62. The first-order chi connectivity index (χ1) is 14.6. The molecule has 1 aliphatic rings. The van der Waals surface area contributed by atoms with E-state index in [1.54, 1.807) is 13.2 Å². The number of aryl methyl sites for hydroxylation is 2. The van der Waals surface area contributed by atoms with Crippen molar-refractivity contribution in [1.82, 2.24) is 14.3 Å². The van der Waals surface area contributed by atoms with Crippen LogP contribution in [0.3, 0.4) is 0 Å². The summed E-state index contributed by atoms with van der Waals surface area (Å²) in [6.07, 6.45) is 6.66. The van der Waals surface area contributed by atoms with Crippen molar-refractivity contribution in [2.24, 2.45) is 4.99 Å². The molecule has 3 aromatic rings. The smallest absolute Gasteiger partial charge is 0.162 e. The van der Waals surface area contributed by atoms with Gasteiger partial charge in [-0.1, -0.05) is 28.1 Å². The highest BCUT2D eigenvalue weighted by Crippen LogP contribution is 2.39. The molecule has 7 nitrogen and oxygen atoms in total. The Balaban J connectivity index is 1.90. The molecule has 30 heavy (non-hydrogen) atoms. The molecular weight excluding hydrogens is 446 g/mol. The van der Waals surface area contributed by atoms with Gasteiger partial charge in [-0.3, -0.25) is 14.5 Å². The van der Waals surface area contributed by atoms with Crippen LogP contribution in [-0.2, 0) is 13.1 Å². The van der Waals surface area contributed by atoms with Crippen LogP contribution in [0.1, 0.15) is 40.4 Å². The standard InChI is InChI=1S/C22H24BrN5O2/c1-4-28-18(9-14(2)26-28)21-24-12-17-16-10-15(13-29)11-19(30-3)20(16)27(22(17)25-21)8-6-5-7-23/h5-6,9-13,21,25H,4,7-8H2,1-3H3/b6-5+. The van der Waals surface area contributed by atoms with Crippen molar-refractivity contribution in [3.63, 3.8) is 0 Å². The van der Waals surface area contributed by atoms with Gasteiger partial charge in [0.25, 0.3) is 0 Å². The molecule has 0 saturated heterocycles. The van der Waals surface area contributed by atoms with Gasteiger partial charge in [0.05, 0.1) is 24.0 Å². The Morgan fingerprint density at radius 2 is 2.13 bits per heavy atom. The zero-order chi connectivity index (χ0) is 21.3. The molecule has 1 aliphatic heterocycles. The Morgan fingerprint density at radius 3 is 2.83 bits per heavy atom. The molecule has 0 fully saturated rings. The molecule has 8 heteroatoms. The molecule has 0 radical (unpaired) electrons. The average molecular weight is 470 g/mol. The topological polar surface area (TPSA) is 73.4 Å². The molecule has 1 N–H and O–H groups in total. The predicted molar refractivity (Wildman–Crippen MR) is 123 cm³/mol. The summed E-state index contributed by atoms with van der Waals surface area (Å²) in [7, 11) is 1.63. The zero-order valence-corrected chi connectivity index (χ0v) is 18.8. The second-order valence-electron chi connectivity index (χ2n) is 7.09. The van der Waals surface area contributed by atoms with Gasteiger partial charge in [0, 0.05) is 41.1 Å². The number of hydrogen-bond donors (Lipinski definition) is 1. The Morgan fingerprint density at radius 1 is 1.30 bits per heavy atom. The van der Waals surface area contributed by atoms with Gasteiger partial charge in [0.15, 0.2) is 6.17 Å². The number of rotatable bonds is 7. The molecule has 0 saturated carbocycles. The van der Waals surface area contributed by atoms with Crippen molar-refractivity contribution in [3.05, 3.63) is 52.9 Å². The maximum absolute atomic E-state index is 11.5. The molecule has 0 amide bonds. The second-order valence-corrected chi connectivity index (χ2v) is 7.73. The van der Waals surface area contributed by atoms with E-state index < -0.39 is 0 Å². The van der Waals surface area contributed by atoms with E-state index in [9.17, 15) is 4.79 Å². The van der Waals surface area contributed by atoms with Crippen molar-refractivity contribution >= 4 is 45.2 Å². The molecule has 1 unspecified atom stereocenters. The third-order valence-electron chi connectivity index (χ3n) is 5.22. The second kappa shape index (κ2) is 8.47. The fourth-order valence-corrected chi connectivity index (χ4v) is 4.20. The van der Waals surface area contributed by atoms with Gasteiger partial charge in [-0.2, -0.15) is 5.10 Å². The van der Waals surface area contributed by atoms with E-state index in [4.69, 9.17) is 9.73 Å². The Labute approximate surface area is 183 Å². The highest BCUT2D eigenvalue weighted by Gasteiger charge is 2.27. The number of aromatic nitrogens is 3. The lowest BCUT2D eigenvalue weighted by Crippen LogP contribution is -2.20. The lowest BCUT2D eigenvalue weighted by atomic mass is 10.1. The highest BCUT2D eigenvalue weighted by atomic mass is 79.9. The van der Waals surface area contributed by atoms with E-state index in [2.05, 4.69) is 56.1 Å². The summed E-state index contributed by atoms with van der Waals surface area (Å²) in [6, 6.07) is 5.73. The summed E-state index contributed by atoms with van der Waals surface area (Å²) < 4.78 is 9.79. The van der Waals surface area contributed by atoms with Crippen LogP contribution >= 0.6 is 15.9 Å². The molecule has 156 valence electrons. The van der Waals surface area contributed by atoms with Gasteiger partial charge in [-0.25, -0.2) is 0 Å². The summed E-state index contributed by atoms with van der Waals surface area (Å²) in [5.41, 5.74) is 4.45. The SMILES string of the molecule is CCn1nc(C)cc1C1N=Cc2c(n(C/C=C/CBr)c3c(OC)cc(C=O)cc23)N1. The molecule has 1 atom stereocenters. The molecule has 0 spiro atoms. The van der Waals surface area contributed by atoms with Gasteiger partial charge in [0.1, 0.15) is 17.9 Å². The maximum atomic E-state index is 11.5. The lowest BCUT2D eigenvalue weighted by molar-refractivity contribution is 0.112. The number of fused-ring (bicyclic) bond motifs is 3. The van der Waals surface area contributed by atoms with Crippen LogP contribution in [0.15, 0.2) is 35.3 Å². The number of halogens is 1. The normalized spacial score (nSPS) is 15.5. The number of methoxy groups -OCH3 is 1. The number of ether oxygens (including phenoxy) is 1. The van der Waals surface area contributed by atoms with E-state index in [1.165, 1.54) is 0 Å². The minimum Gasteiger partial charge on any atom is -0.495 e. The van der Waals surface area contributed by atoms with Gasteiger partial charge in [0.2, 0.25) is 0 Å². The van der Waals surface area contributed by atoms with Gasteiger partial charge < -0.3 is 14.6 Å². The molecule has 1 aromatic carbocycles. The van der Waals surface area contributed by atoms with E-state index in [0.717, 1.165) is 51.8 Å². The van der Waals surface area contributed by atoms with Gasteiger partial charge >= 0.3 is 0 Å². The zero-order valence-electron chi connectivity index (χ0n) is 17.2. The molecule has 0 aliphatic carbocycles. The predicted octanol–water partition coefficient (Wildman–Crippen LogP) is 4.48. The number of aldehydes is 1. The minimum absolute atomic E-state index is 0.238. The quantitative estimate of drug-likeness (QED) is 0.314. The Hall–Kier alpha value is -2.87. The van der Waals surface area contributed by atoms with Crippen molar-refractivity contribution in [2.45, 2.75) is 33.1 Å². The van der Waals surface area contributed by atoms with E-state index in [-0.39, 0.29) is 6.17 Å². The summed E-state index contributed by atoms with van der Waals surface area (Å²) in [5, 5.41) is 9.87. The minimum atomic E-state index is -0.238. The Kier molecular flexibility index (Phi) is 5.76. The number of carbonyl (C=O) groups excluding carboxylic acids is 1. The van der Waals surface area contributed by atoms with E-state index in [1.807, 2.05) is 23.9 Å². The number of anilines is 1. The fraction of sp³-hybridized carbons (Fsp3) is 0.318. The van der Waals surface area contributed by atoms with Crippen molar-refractivity contribution in [1.29, 1.82) is 0 Å². The van der Waals surface area contributed by atoms with Gasteiger partial charge in [-0.15, -0.1) is 0 Å². The molecule has 2 aromatic heterocycles. The third kappa shape index (κ3) is 3.45. The molecular formula is C22H24BrN5O2. The molecule has 4 rings (SSSR count). The van der Waals surface area contributed by atoms with Crippen molar-refractivity contribution in [2.75, 3.05) is 17.8 Å². The first-order valence-corrected chi connectivity index (χ1v) is 11.0. The number of nitrogens with zero attached hydrogens (tertiary/aromatic N) is 4. The molecule has 0 bridgehead atoms. The number of benzene rings is 1. The Bertz CT molecular complexity index is 1160. The van der Waals surface area contributed by atoms with Crippen LogP contribution in [0.2, 0.25) is 0 Å². The third-order valence-corrected chi connectivity index (χ3v) is 5.60. The lowest BCUT2D eigenvalue weighted by Gasteiger charge is -2.22. The number of allylic oxidation sites excluding steroid dienone is 2. The summed E-state index contributed by atoms with van der Waals surface area (Å²) in [6.45, 7) is 5.49. The number of alkyl halides is 1. The first-order valence-electron chi connectivity index (χ1n) is 9.85. The first kappa shape index (κ1) is 20.4.